The predicted molar refractivity (Wildman–Crippen MR) is 44.6 cm³/mol. The first kappa shape index (κ1) is 7.65. The second kappa shape index (κ2) is 2.81. The summed E-state index contributed by atoms with van der Waals surface area (Å²) in [5.74, 6) is -0.564. The molecule has 1 fully saturated rings. The van der Waals surface area contributed by atoms with Crippen LogP contribution >= 0.6 is 0 Å². The molecule has 2 unspecified atom stereocenters. The van der Waals surface area contributed by atoms with E-state index in [1.807, 2.05) is 0 Å². The number of rotatable bonds is 1. The molecule has 3 nitrogen and oxygen atoms in total. The van der Waals surface area contributed by atoms with Gasteiger partial charge >= 0.3 is 5.97 Å². The molecular weight excluding hydrogens is 154 g/mol. The van der Waals surface area contributed by atoms with Crippen molar-refractivity contribution >= 4 is 5.97 Å². The van der Waals surface area contributed by atoms with Crippen molar-refractivity contribution in [2.45, 2.75) is 19.3 Å². The Morgan fingerprint density at radius 2 is 2.50 bits per heavy atom. The molecule has 1 saturated heterocycles. The van der Waals surface area contributed by atoms with Crippen molar-refractivity contribution in [1.82, 2.24) is 5.32 Å². The summed E-state index contributed by atoms with van der Waals surface area (Å²) in [6, 6.07) is 0. The Kier molecular flexibility index (Phi) is 1.79. The SMILES string of the molecule is O=C(O)C1CNC2=CCCCC21. The normalized spacial score (nSPS) is 33.5. The highest BCUT2D eigenvalue weighted by Gasteiger charge is 2.36. The van der Waals surface area contributed by atoms with Crippen molar-refractivity contribution in [3.63, 3.8) is 0 Å². The Hall–Kier alpha value is -0.990. The summed E-state index contributed by atoms with van der Waals surface area (Å²) in [5, 5.41) is 12.1. The third kappa shape index (κ3) is 1.09. The molecule has 66 valence electrons. The summed E-state index contributed by atoms with van der Waals surface area (Å²) in [7, 11) is 0. The van der Waals surface area contributed by atoms with E-state index in [2.05, 4.69) is 11.4 Å². The molecule has 2 N–H and O–H groups in total. The minimum absolute atomic E-state index is 0.184. The zero-order valence-corrected chi connectivity index (χ0v) is 6.92. The number of carboxylic acid groups (broad SMARTS) is 1. The zero-order valence-electron chi connectivity index (χ0n) is 6.92. The minimum Gasteiger partial charge on any atom is -0.481 e. The van der Waals surface area contributed by atoms with Crippen LogP contribution in [0.2, 0.25) is 0 Å². The Bertz CT molecular complexity index is 235. The van der Waals surface area contributed by atoms with E-state index in [1.165, 1.54) is 5.70 Å². The maximum Gasteiger partial charge on any atom is 0.308 e. The van der Waals surface area contributed by atoms with Gasteiger partial charge in [-0.2, -0.15) is 0 Å². The molecule has 0 spiro atoms. The van der Waals surface area contributed by atoms with Crippen molar-refractivity contribution in [3.8, 4) is 0 Å². The van der Waals surface area contributed by atoms with Gasteiger partial charge in [-0.1, -0.05) is 6.08 Å². The van der Waals surface area contributed by atoms with Crippen LogP contribution in [0.25, 0.3) is 0 Å². The minimum atomic E-state index is -0.655. The van der Waals surface area contributed by atoms with Crippen LogP contribution in [-0.2, 0) is 4.79 Å². The third-order valence-electron chi connectivity index (χ3n) is 2.81. The van der Waals surface area contributed by atoms with Crippen LogP contribution in [0.15, 0.2) is 11.8 Å². The maximum absolute atomic E-state index is 10.8. The third-order valence-corrected chi connectivity index (χ3v) is 2.81. The van der Waals surface area contributed by atoms with Gasteiger partial charge in [0.25, 0.3) is 0 Å². The van der Waals surface area contributed by atoms with Gasteiger partial charge in [0.2, 0.25) is 0 Å². The van der Waals surface area contributed by atoms with Crippen LogP contribution in [-0.4, -0.2) is 17.6 Å². The lowest BCUT2D eigenvalue weighted by Crippen LogP contribution is -2.22. The average molecular weight is 167 g/mol. The molecule has 2 rings (SSSR count). The fraction of sp³-hybridized carbons (Fsp3) is 0.667. The van der Waals surface area contributed by atoms with Gasteiger partial charge in [0.1, 0.15) is 0 Å². The molecule has 0 aromatic carbocycles. The lowest BCUT2D eigenvalue weighted by atomic mass is 9.85. The number of hydrogen-bond donors (Lipinski definition) is 2. The van der Waals surface area contributed by atoms with E-state index in [1.54, 1.807) is 0 Å². The van der Waals surface area contributed by atoms with Crippen LogP contribution in [0.5, 0.6) is 0 Å². The average Bonchev–Trinajstić information content (AvgIpc) is 2.47. The van der Waals surface area contributed by atoms with E-state index < -0.39 is 5.97 Å². The van der Waals surface area contributed by atoms with Gasteiger partial charge in [0, 0.05) is 18.2 Å². The molecule has 0 aromatic rings. The molecule has 1 aliphatic heterocycles. The highest BCUT2D eigenvalue weighted by atomic mass is 16.4. The van der Waals surface area contributed by atoms with Crippen LogP contribution in [0.3, 0.4) is 0 Å². The van der Waals surface area contributed by atoms with Crippen molar-refractivity contribution < 1.29 is 9.90 Å². The van der Waals surface area contributed by atoms with Crippen molar-refractivity contribution in [3.05, 3.63) is 11.8 Å². The molecule has 12 heavy (non-hydrogen) atoms. The second-order valence-electron chi connectivity index (χ2n) is 3.52. The number of aliphatic carboxylic acids is 1. The van der Waals surface area contributed by atoms with Crippen molar-refractivity contribution in [1.29, 1.82) is 0 Å². The highest BCUT2D eigenvalue weighted by molar-refractivity contribution is 5.72. The monoisotopic (exact) mass is 167 g/mol. The van der Waals surface area contributed by atoms with Crippen LogP contribution < -0.4 is 5.32 Å². The summed E-state index contributed by atoms with van der Waals surface area (Å²) in [6.07, 6.45) is 5.43. The first-order chi connectivity index (χ1) is 5.79. The molecule has 2 aliphatic rings. The quantitative estimate of drug-likeness (QED) is 0.612. The van der Waals surface area contributed by atoms with Gasteiger partial charge < -0.3 is 10.4 Å². The number of nitrogens with one attached hydrogen (secondary N) is 1. The summed E-state index contributed by atoms with van der Waals surface area (Å²) in [4.78, 5) is 10.8. The van der Waals surface area contributed by atoms with Gasteiger partial charge in [0.15, 0.2) is 0 Å². The van der Waals surface area contributed by atoms with Gasteiger partial charge in [-0.15, -0.1) is 0 Å². The van der Waals surface area contributed by atoms with Crippen LogP contribution in [0, 0.1) is 11.8 Å². The van der Waals surface area contributed by atoms with E-state index in [9.17, 15) is 4.79 Å². The molecule has 3 heteroatoms. The number of carbonyl (C=O) groups is 1. The molecule has 0 radical (unpaired) electrons. The molecule has 1 heterocycles. The summed E-state index contributed by atoms with van der Waals surface area (Å²) in [6.45, 7) is 0.617. The Morgan fingerprint density at radius 3 is 3.25 bits per heavy atom. The smallest absolute Gasteiger partial charge is 0.308 e. The van der Waals surface area contributed by atoms with Crippen molar-refractivity contribution in [2.24, 2.45) is 11.8 Å². The largest absolute Gasteiger partial charge is 0.481 e. The number of allylic oxidation sites excluding steroid dienone is 2. The summed E-state index contributed by atoms with van der Waals surface area (Å²) >= 11 is 0. The molecule has 0 saturated carbocycles. The number of carboxylic acids is 1. The van der Waals surface area contributed by atoms with E-state index in [-0.39, 0.29) is 11.8 Å². The first-order valence-electron chi connectivity index (χ1n) is 4.46. The predicted octanol–water partition coefficient (Wildman–Crippen LogP) is 0.974. The molecular formula is C9H13NO2. The van der Waals surface area contributed by atoms with Crippen LogP contribution in [0.4, 0.5) is 0 Å². The Labute approximate surface area is 71.5 Å². The molecule has 0 aromatic heterocycles. The van der Waals surface area contributed by atoms with Gasteiger partial charge in [0.05, 0.1) is 5.92 Å². The molecule has 0 bridgehead atoms. The summed E-state index contributed by atoms with van der Waals surface area (Å²) in [5.41, 5.74) is 1.17. The van der Waals surface area contributed by atoms with Gasteiger partial charge in [-0.3, -0.25) is 4.79 Å². The Balaban J connectivity index is 2.17. The van der Waals surface area contributed by atoms with E-state index in [0.29, 0.717) is 6.54 Å². The lowest BCUT2D eigenvalue weighted by Gasteiger charge is -2.18. The lowest BCUT2D eigenvalue weighted by molar-refractivity contribution is -0.142. The van der Waals surface area contributed by atoms with Gasteiger partial charge in [-0.25, -0.2) is 0 Å². The number of fused-ring (bicyclic) bond motifs is 1. The van der Waals surface area contributed by atoms with E-state index in [4.69, 9.17) is 5.11 Å². The standard InChI is InChI=1S/C9H13NO2/c11-9(12)7-5-10-8-4-2-1-3-6(7)8/h4,6-7,10H,1-3,5H2,(H,11,12). The topological polar surface area (TPSA) is 49.3 Å². The molecule has 2 atom stereocenters. The first-order valence-corrected chi connectivity index (χ1v) is 4.46. The second-order valence-corrected chi connectivity index (χ2v) is 3.52. The maximum atomic E-state index is 10.8. The molecule has 0 amide bonds. The zero-order chi connectivity index (χ0) is 8.55. The van der Waals surface area contributed by atoms with Gasteiger partial charge in [-0.05, 0) is 19.3 Å². The van der Waals surface area contributed by atoms with Crippen molar-refractivity contribution in [2.75, 3.05) is 6.54 Å². The highest BCUT2D eigenvalue weighted by Crippen LogP contribution is 2.33. The number of hydrogen-bond acceptors (Lipinski definition) is 2. The van der Waals surface area contributed by atoms with Crippen LogP contribution in [0.1, 0.15) is 19.3 Å². The summed E-state index contributed by atoms with van der Waals surface area (Å²) < 4.78 is 0. The Morgan fingerprint density at radius 1 is 1.67 bits per heavy atom. The fourth-order valence-corrected chi connectivity index (χ4v) is 2.15. The van der Waals surface area contributed by atoms with E-state index >= 15 is 0 Å². The fourth-order valence-electron chi connectivity index (χ4n) is 2.15. The molecule has 1 aliphatic carbocycles. The van der Waals surface area contributed by atoms with E-state index in [0.717, 1.165) is 19.3 Å².